The van der Waals surface area contributed by atoms with Gasteiger partial charge in [-0.1, -0.05) is 0 Å². The summed E-state index contributed by atoms with van der Waals surface area (Å²) >= 11 is 0. The molecule has 0 spiro atoms. The van der Waals surface area contributed by atoms with Gasteiger partial charge in [-0.25, -0.2) is 4.79 Å². The van der Waals surface area contributed by atoms with Gasteiger partial charge in [0.25, 0.3) is 0 Å². The van der Waals surface area contributed by atoms with Crippen molar-refractivity contribution in [1.82, 2.24) is 0 Å². The first-order valence-electron chi connectivity index (χ1n) is 2.57. The maximum atomic E-state index is 9.90. The van der Waals surface area contributed by atoms with Gasteiger partial charge in [0.15, 0.2) is 0 Å². The lowest BCUT2D eigenvalue weighted by molar-refractivity contribution is -0.129. The van der Waals surface area contributed by atoms with Gasteiger partial charge in [-0.3, -0.25) is 5.41 Å². The van der Waals surface area contributed by atoms with Crippen molar-refractivity contribution >= 4 is 11.7 Å². The van der Waals surface area contributed by atoms with E-state index in [1.54, 1.807) is 6.92 Å². The van der Waals surface area contributed by atoms with Gasteiger partial charge in [-0.05, 0) is 6.92 Å². The third kappa shape index (κ3) is 3.66. The lowest BCUT2D eigenvalue weighted by atomic mass is 10.4. The van der Waals surface area contributed by atoms with Crippen LogP contribution in [0.3, 0.4) is 0 Å². The Kier molecular flexibility index (Phi) is 3.62. The molecule has 0 aliphatic heterocycles. The quantitative estimate of drug-likeness (QED) is 0.532. The second-order valence-corrected chi connectivity index (χ2v) is 1.42. The van der Waals surface area contributed by atoms with Crippen LogP contribution in [0.5, 0.6) is 0 Å². The van der Waals surface area contributed by atoms with Crippen LogP contribution in [-0.4, -0.2) is 30.0 Å². The highest BCUT2D eigenvalue weighted by Gasteiger charge is 2.04. The standard InChI is InChI=1S/C5H9NO3/c1-2-9-3-4(6)5(7)8/h6H,2-3H2,1H3,(H,7,8). The Morgan fingerprint density at radius 1 is 1.78 bits per heavy atom. The van der Waals surface area contributed by atoms with E-state index < -0.39 is 11.7 Å². The van der Waals surface area contributed by atoms with Gasteiger partial charge in [0.1, 0.15) is 5.71 Å². The zero-order valence-corrected chi connectivity index (χ0v) is 5.18. The number of ether oxygens (including phenoxy) is 1. The van der Waals surface area contributed by atoms with Crippen LogP contribution in [0.15, 0.2) is 0 Å². The molecule has 0 unspecified atom stereocenters. The van der Waals surface area contributed by atoms with Crippen LogP contribution >= 0.6 is 0 Å². The van der Waals surface area contributed by atoms with Crippen LogP contribution in [-0.2, 0) is 9.53 Å². The summed E-state index contributed by atoms with van der Waals surface area (Å²) in [6.07, 6.45) is 0. The maximum absolute atomic E-state index is 9.90. The molecule has 0 saturated heterocycles. The van der Waals surface area contributed by atoms with Crippen molar-refractivity contribution < 1.29 is 14.6 Å². The minimum Gasteiger partial charge on any atom is -0.477 e. The minimum absolute atomic E-state index is 0.105. The third-order valence-electron chi connectivity index (χ3n) is 0.709. The van der Waals surface area contributed by atoms with Gasteiger partial charge in [-0.2, -0.15) is 0 Å². The highest BCUT2D eigenvalue weighted by Crippen LogP contribution is 1.76. The molecular formula is C5H9NO3. The van der Waals surface area contributed by atoms with Crippen LogP contribution in [0.2, 0.25) is 0 Å². The zero-order chi connectivity index (χ0) is 7.28. The van der Waals surface area contributed by atoms with E-state index in [1.165, 1.54) is 0 Å². The van der Waals surface area contributed by atoms with E-state index in [0.717, 1.165) is 0 Å². The number of rotatable bonds is 4. The fraction of sp³-hybridized carbons (Fsp3) is 0.600. The van der Waals surface area contributed by atoms with E-state index in [9.17, 15) is 4.79 Å². The Hall–Kier alpha value is -0.900. The molecule has 4 heteroatoms. The summed E-state index contributed by atoms with van der Waals surface area (Å²) in [4.78, 5) is 9.90. The van der Waals surface area contributed by atoms with Gasteiger partial charge >= 0.3 is 5.97 Å². The van der Waals surface area contributed by atoms with Gasteiger partial charge in [0.2, 0.25) is 0 Å². The summed E-state index contributed by atoms with van der Waals surface area (Å²) in [6.45, 7) is 2.08. The fourth-order valence-electron chi connectivity index (χ4n) is 0.266. The normalized spacial score (nSPS) is 9.00. The molecule has 0 rings (SSSR count). The van der Waals surface area contributed by atoms with Crippen LogP contribution in [0.1, 0.15) is 6.92 Å². The lowest BCUT2D eigenvalue weighted by Gasteiger charge is -1.96. The Morgan fingerprint density at radius 3 is 2.67 bits per heavy atom. The van der Waals surface area contributed by atoms with E-state index in [1.807, 2.05) is 0 Å². The van der Waals surface area contributed by atoms with Crippen molar-refractivity contribution in [3.8, 4) is 0 Å². The minimum atomic E-state index is -1.22. The first kappa shape index (κ1) is 8.10. The molecule has 0 heterocycles. The van der Waals surface area contributed by atoms with Crippen molar-refractivity contribution in [1.29, 1.82) is 5.41 Å². The number of nitrogens with one attached hydrogen (secondary N) is 1. The second kappa shape index (κ2) is 4.03. The number of carbonyl (C=O) groups is 1. The summed E-state index contributed by atoms with van der Waals surface area (Å²) in [5.74, 6) is -1.22. The molecule has 4 nitrogen and oxygen atoms in total. The smallest absolute Gasteiger partial charge is 0.351 e. The Bertz CT molecular complexity index is 121. The summed E-state index contributed by atoms with van der Waals surface area (Å²) in [5, 5.41) is 14.8. The highest BCUT2D eigenvalue weighted by molar-refractivity contribution is 6.34. The SMILES string of the molecule is CCOCC(=N)C(=O)O. The number of aliphatic carboxylic acids is 1. The zero-order valence-electron chi connectivity index (χ0n) is 5.18. The van der Waals surface area contributed by atoms with Gasteiger partial charge in [0, 0.05) is 6.61 Å². The molecule has 0 aromatic heterocycles. The number of hydrogen-bond donors (Lipinski definition) is 2. The predicted molar refractivity (Wildman–Crippen MR) is 31.9 cm³/mol. The van der Waals surface area contributed by atoms with Gasteiger partial charge < -0.3 is 9.84 Å². The highest BCUT2D eigenvalue weighted by atomic mass is 16.5. The molecule has 0 aliphatic rings. The molecule has 0 bridgehead atoms. The van der Waals surface area contributed by atoms with E-state index >= 15 is 0 Å². The molecule has 0 atom stereocenters. The number of carboxylic acids is 1. The largest absolute Gasteiger partial charge is 0.477 e. The Balaban J connectivity index is 3.39. The molecule has 0 aromatic rings. The van der Waals surface area contributed by atoms with Crippen molar-refractivity contribution in [3.05, 3.63) is 0 Å². The average Bonchev–Trinajstić information content (AvgIpc) is 1.82. The average molecular weight is 131 g/mol. The summed E-state index contributed by atoms with van der Waals surface area (Å²) in [5.41, 5.74) is -0.406. The van der Waals surface area contributed by atoms with E-state index in [-0.39, 0.29) is 6.61 Å². The van der Waals surface area contributed by atoms with Gasteiger partial charge in [0.05, 0.1) is 6.61 Å². The first-order valence-corrected chi connectivity index (χ1v) is 2.57. The van der Waals surface area contributed by atoms with Gasteiger partial charge in [-0.15, -0.1) is 0 Å². The summed E-state index contributed by atoms with van der Waals surface area (Å²) in [6, 6.07) is 0. The van der Waals surface area contributed by atoms with Crippen molar-refractivity contribution in [3.63, 3.8) is 0 Å². The van der Waals surface area contributed by atoms with Crippen molar-refractivity contribution in [2.45, 2.75) is 6.92 Å². The lowest BCUT2D eigenvalue weighted by Crippen LogP contribution is -2.17. The monoisotopic (exact) mass is 131 g/mol. The fourth-order valence-corrected chi connectivity index (χ4v) is 0.266. The molecule has 2 N–H and O–H groups in total. The predicted octanol–water partition coefficient (Wildman–Crippen LogP) is 0.127. The Morgan fingerprint density at radius 2 is 2.33 bits per heavy atom. The molecule has 0 radical (unpaired) electrons. The summed E-state index contributed by atoms with van der Waals surface area (Å²) < 4.78 is 4.65. The number of hydrogen-bond acceptors (Lipinski definition) is 3. The molecule has 0 saturated carbocycles. The first-order chi connectivity index (χ1) is 4.18. The Labute approximate surface area is 53.0 Å². The molecular weight excluding hydrogens is 122 g/mol. The second-order valence-electron chi connectivity index (χ2n) is 1.42. The van der Waals surface area contributed by atoms with Crippen LogP contribution in [0.25, 0.3) is 0 Å². The molecule has 9 heavy (non-hydrogen) atoms. The molecule has 0 aliphatic carbocycles. The summed E-state index contributed by atoms with van der Waals surface area (Å²) in [7, 11) is 0. The third-order valence-corrected chi connectivity index (χ3v) is 0.709. The number of carboxylic acid groups (broad SMARTS) is 1. The maximum Gasteiger partial charge on any atom is 0.351 e. The molecule has 52 valence electrons. The van der Waals surface area contributed by atoms with E-state index in [0.29, 0.717) is 6.61 Å². The topological polar surface area (TPSA) is 70.4 Å². The van der Waals surface area contributed by atoms with Crippen LogP contribution in [0, 0.1) is 5.41 Å². The molecule has 0 fully saturated rings. The van der Waals surface area contributed by atoms with Crippen molar-refractivity contribution in [2.75, 3.05) is 13.2 Å². The van der Waals surface area contributed by atoms with E-state index in [2.05, 4.69) is 4.74 Å². The van der Waals surface area contributed by atoms with E-state index in [4.69, 9.17) is 10.5 Å². The van der Waals surface area contributed by atoms with Crippen molar-refractivity contribution in [2.24, 2.45) is 0 Å². The van der Waals surface area contributed by atoms with Crippen LogP contribution in [0.4, 0.5) is 0 Å². The molecule has 0 aromatic carbocycles. The van der Waals surface area contributed by atoms with Crippen LogP contribution < -0.4 is 0 Å². The molecule has 0 amide bonds.